The topological polar surface area (TPSA) is 123 Å². The van der Waals surface area contributed by atoms with Crippen LogP contribution in [0.2, 0.25) is 0 Å². The number of nitrogens with zero attached hydrogens (tertiary/aromatic N) is 6. The molecule has 3 aromatic heterocycles. The number of hydrogen-bond donors (Lipinski definition) is 2. The second kappa shape index (κ2) is 10.5. The van der Waals surface area contributed by atoms with Crippen molar-refractivity contribution in [2.24, 2.45) is 0 Å². The number of benzene rings is 1. The Morgan fingerprint density at radius 3 is 2.64 bits per heavy atom. The number of carbonyl (C=O) groups is 1. The Balaban J connectivity index is 0.00000176. The molecule has 0 fully saturated rings. The Morgan fingerprint density at radius 1 is 1.31 bits per heavy atom. The maximum atomic E-state index is 14.1. The lowest BCUT2D eigenvalue weighted by molar-refractivity contribution is 0.0735. The fourth-order valence-corrected chi connectivity index (χ4v) is 4.46. The number of fused-ring (bicyclic) bond motifs is 3. The molecule has 0 radical (unpaired) electrons. The Bertz CT molecular complexity index is 1420. The molecule has 4 aromatic rings. The van der Waals surface area contributed by atoms with E-state index in [1.807, 2.05) is 6.92 Å². The van der Waals surface area contributed by atoms with Gasteiger partial charge in [-0.15, -0.1) is 29.3 Å². The zero-order chi connectivity index (χ0) is 26.8. The monoisotopic (exact) mass is 515 g/mol. The first-order valence-electron chi connectivity index (χ1n) is 11.0. The van der Waals surface area contributed by atoms with Crippen molar-refractivity contribution in [1.82, 2.24) is 29.5 Å². The van der Waals surface area contributed by atoms with Gasteiger partial charge in [0.05, 0.1) is 15.9 Å². The van der Waals surface area contributed by atoms with Gasteiger partial charge in [0.15, 0.2) is 22.3 Å². The number of nitrogen functional groups attached to an aromatic ring is 1. The Kier molecular flexibility index (Phi) is 7.86. The molecule has 0 unspecified atom stereocenters. The third-order valence-electron chi connectivity index (χ3n) is 5.66. The predicted octanol–water partition coefficient (Wildman–Crippen LogP) is 3.55. The van der Waals surface area contributed by atoms with E-state index in [1.165, 1.54) is 22.0 Å². The Labute approximate surface area is 211 Å². The molecular formula is C24H27F2N7O2S. The summed E-state index contributed by atoms with van der Waals surface area (Å²) in [6.45, 7) is 5.22. The highest BCUT2D eigenvalue weighted by Crippen LogP contribution is 2.27. The Morgan fingerprint density at radius 2 is 2.00 bits per heavy atom. The molecule has 4 rings (SSSR count). The fourth-order valence-electron chi connectivity index (χ4n) is 3.56. The van der Waals surface area contributed by atoms with E-state index in [4.69, 9.17) is 5.73 Å². The van der Waals surface area contributed by atoms with Crippen LogP contribution in [0.4, 0.5) is 14.7 Å². The summed E-state index contributed by atoms with van der Waals surface area (Å²) in [6, 6.07) is 1.82. The molecule has 1 amide bonds. The molecule has 0 aliphatic carbocycles. The van der Waals surface area contributed by atoms with E-state index in [2.05, 4.69) is 32.9 Å². The molecular weight excluding hydrogens is 488 g/mol. The van der Waals surface area contributed by atoms with E-state index in [-0.39, 0.29) is 34.4 Å². The second-order valence-corrected chi connectivity index (χ2v) is 9.79. The third kappa shape index (κ3) is 5.42. The molecule has 0 aliphatic rings. The van der Waals surface area contributed by atoms with E-state index < -0.39 is 17.2 Å². The van der Waals surface area contributed by atoms with Crippen LogP contribution in [0.1, 0.15) is 54.1 Å². The number of carbonyl (C=O) groups excluding carboxylic acids is 1. The summed E-state index contributed by atoms with van der Waals surface area (Å²) in [5.41, 5.74) is 5.03. The van der Waals surface area contributed by atoms with E-state index in [0.29, 0.717) is 35.0 Å². The molecule has 36 heavy (non-hydrogen) atoms. The average Bonchev–Trinajstić information content (AvgIpc) is 3.48. The average molecular weight is 516 g/mol. The van der Waals surface area contributed by atoms with Crippen molar-refractivity contribution < 1.29 is 18.7 Å². The van der Waals surface area contributed by atoms with Gasteiger partial charge in [-0.1, -0.05) is 0 Å². The minimum atomic E-state index is -1.05. The number of terminal acetylenes is 1. The first kappa shape index (κ1) is 26.9. The molecule has 0 saturated heterocycles. The first-order chi connectivity index (χ1) is 17.0. The number of rotatable bonds is 7. The summed E-state index contributed by atoms with van der Waals surface area (Å²) < 4.78 is 29.1. The standard InChI is InChI=1S/C22H25F2N7O2S.C2H2/c1-11(30(4)20(32)19-26-10-15(34-19)22(2,3)33)6-5-7-16-27-18-13-8-12(23)9-14(24)17(13)28-21(25)31(18)29-16;1-2/h8-11,33H,5-7H2,1-4H3,(H2,25,28);1-2H/t11-;/m0./s1. The van der Waals surface area contributed by atoms with Crippen molar-refractivity contribution in [3.63, 3.8) is 0 Å². The highest BCUT2D eigenvalue weighted by atomic mass is 32.1. The van der Waals surface area contributed by atoms with Crippen molar-refractivity contribution in [1.29, 1.82) is 0 Å². The molecule has 0 spiro atoms. The van der Waals surface area contributed by atoms with Crippen LogP contribution >= 0.6 is 11.3 Å². The van der Waals surface area contributed by atoms with Crippen molar-refractivity contribution >= 4 is 39.7 Å². The van der Waals surface area contributed by atoms with Crippen molar-refractivity contribution in [2.75, 3.05) is 12.8 Å². The van der Waals surface area contributed by atoms with Crippen molar-refractivity contribution in [3.05, 3.63) is 45.7 Å². The summed E-state index contributed by atoms with van der Waals surface area (Å²) in [5.74, 6) is -1.35. The number of aliphatic hydroxyl groups is 1. The van der Waals surface area contributed by atoms with Crippen LogP contribution in [0.25, 0.3) is 16.6 Å². The van der Waals surface area contributed by atoms with Gasteiger partial charge < -0.3 is 15.7 Å². The maximum Gasteiger partial charge on any atom is 0.282 e. The lowest BCUT2D eigenvalue weighted by atomic mass is 10.1. The number of hydrogen-bond acceptors (Lipinski definition) is 8. The van der Waals surface area contributed by atoms with E-state index >= 15 is 0 Å². The normalized spacial score (nSPS) is 12.4. The molecule has 1 aromatic carbocycles. The lowest BCUT2D eigenvalue weighted by Crippen LogP contribution is -2.35. The largest absolute Gasteiger partial charge is 0.385 e. The highest BCUT2D eigenvalue weighted by Gasteiger charge is 2.25. The van der Waals surface area contributed by atoms with E-state index in [1.54, 1.807) is 25.8 Å². The smallest absolute Gasteiger partial charge is 0.282 e. The van der Waals surface area contributed by atoms with Gasteiger partial charge in [-0.05, 0) is 39.7 Å². The minimum Gasteiger partial charge on any atom is -0.385 e. The third-order valence-corrected chi connectivity index (χ3v) is 6.96. The SMILES string of the molecule is C#C.C[C@@H](CCCc1nc2c3cc(F)cc(F)c3nc(N)n2n1)N(C)C(=O)c1ncc(C(C)(C)O)s1. The van der Waals surface area contributed by atoms with E-state index in [0.717, 1.165) is 12.1 Å². The quantitative estimate of drug-likeness (QED) is 0.361. The number of amides is 1. The molecule has 0 saturated carbocycles. The zero-order valence-electron chi connectivity index (χ0n) is 20.4. The molecule has 0 aliphatic heterocycles. The number of aryl methyl sites for hydroxylation is 1. The van der Waals surface area contributed by atoms with Crippen LogP contribution in [0.15, 0.2) is 18.3 Å². The fraction of sp³-hybridized carbons (Fsp3) is 0.375. The van der Waals surface area contributed by atoms with Crippen LogP contribution in [0.5, 0.6) is 0 Å². The van der Waals surface area contributed by atoms with Gasteiger partial charge in [-0.3, -0.25) is 4.79 Å². The van der Waals surface area contributed by atoms with E-state index in [9.17, 15) is 18.7 Å². The van der Waals surface area contributed by atoms with Crippen LogP contribution in [0.3, 0.4) is 0 Å². The van der Waals surface area contributed by atoms with Crippen LogP contribution < -0.4 is 5.73 Å². The van der Waals surface area contributed by atoms with Gasteiger partial charge in [0.1, 0.15) is 11.3 Å². The summed E-state index contributed by atoms with van der Waals surface area (Å²) in [5, 5.41) is 14.9. The molecule has 3 heterocycles. The second-order valence-electron chi connectivity index (χ2n) is 8.76. The summed E-state index contributed by atoms with van der Waals surface area (Å²) >= 11 is 1.17. The number of aromatic nitrogens is 5. The number of halogens is 2. The molecule has 0 bridgehead atoms. The van der Waals surface area contributed by atoms with Gasteiger partial charge in [0, 0.05) is 31.8 Å². The van der Waals surface area contributed by atoms with Crippen LogP contribution in [-0.4, -0.2) is 53.6 Å². The van der Waals surface area contributed by atoms with Gasteiger partial charge in [-0.2, -0.15) is 4.52 Å². The maximum absolute atomic E-state index is 14.1. The number of nitrogens with two attached hydrogens (primary N) is 1. The summed E-state index contributed by atoms with van der Waals surface area (Å²) in [4.78, 5) is 27.6. The van der Waals surface area contributed by atoms with Gasteiger partial charge in [-0.25, -0.2) is 23.7 Å². The zero-order valence-corrected chi connectivity index (χ0v) is 21.2. The molecule has 9 nitrogen and oxygen atoms in total. The number of thiazole rings is 1. The van der Waals surface area contributed by atoms with Crippen LogP contribution in [-0.2, 0) is 12.0 Å². The van der Waals surface area contributed by atoms with Gasteiger partial charge in [0.2, 0.25) is 5.95 Å². The molecule has 12 heteroatoms. The minimum absolute atomic E-state index is 0.0423. The molecule has 1 atom stereocenters. The highest BCUT2D eigenvalue weighted by molar-refractivity contribution is 7.13. The Hall–Kier alpha value is -3.69. The van der Waals surface area contributed by atoms with Crippen molar-refractivity contribution in [3.8, 4) is 12.8 Å². The molecule has 3 N–H and O–H groups in total. The van der Waals surface area contributed by atoms with Crippen LogP contribution in [0, 0.1) is 24.5 Å². The first-order valence-corrected chi connectivity index (χ1v) is 11.9. The predicted molar refractivity (Wildman–Crippen MR) is 134 cm³/mol. The summed E-state index contributed by atoms with van der Waals surface area (Å²) in [6.07, 6.45) is 11.3. The van der Waals surface area contributed by atoms with Gasteiger partial charge >= 0.3 is 0 Å². The summed E-state index contributed by atoms with van der Waals surface area (Å²) in [7, 11) is 1.71. The number of anilines is 1. The molecule has 190 valence electrons. The van der Waals surface area contributed by atoms with Crippen molar-refractivity contribution in [2.45, 2.75) is 51.7 Å². The van der Waals surface area contributed by atoms with Gasteiger partial charge in [0.25, 0.3) is 5.91 Å². The lowest BCUT2D eigenvalue weighted by Gasteiger charge is -2.24.